The summed E-state index contributed by atoms with van der Waals surface area (Å²) in [6.45, 7) is 8.33. The van der Waals surface area contributed by atoms with Crippen molar-refractivity contribution < 1.29 is 14.6 Å². The molecule has 1 fully saturated rings. The standard InChI is InChI=1S/C32H39N5O3/c1-4-17-33-29-28(21-34-37-23(3)27(35-31(29)37)20-22(2)32(38)39)36-18-15-26(16-19-36)40-30(24-11-7-5-8-12-24)25-13-9-6-10-14-25/h5-14,21-22,26,30,33H,4,15-20H2,1-3H3,(H,38,39). The molecule has 1 saturated heterocycles. The van der Waals surface area contributed by atoms with Crippen LogP contribution in [0.25, 0.3) is 5.65 Å². The van der Waals surface area contributed by atoms with Crippen LogP contribution in [0.15, 0.2) is 66.9 Å². The summed E-state index contributed by atoms with van der Waals surface area (Å²) in [6, 6.07) is 20.9. The summed E-state index contributed by atoms with van der Waals surface area (Å²) >= 11 is 0. The average molecular weight is 542 g/mol. The quantitative estimate of drug-likeness (QED) is 0.244. The van der Waals surface area contributed by atoms with Gasteiger partial charge in [-0.05, 0) is 37.3 Å². The SMILES string of the molecule is CCCNc1c(N2CCC(OC(c3ccccc3)c3ccccc3)CC2)cnn2c(C)c(CC(C)C(=O)O)nc12. The summed E-state index contributed by atoms with van der Waals surface area (Å²) < 4.78 is 8.60. The third kappa shape index (κ3) is 5.97. The first-order valence-corrected chi connectivity index (χ1v) is 14.3. The Balaban J connectivity index is 1.36. The topological polar surface area (TPSA) is 92.0 Å². The monoisotopic (exact) mass is 541 g/mol. The number of hydrogen-bond donors (Lipinski definition) is 2. The van der Waals surface area contributed by atoms with Crippen LogP contribution in [-0.4, -0.2) is 51.4 Å². The van der Waals surface area contributed by atoms with Crippen molar-refractivity contribution in [2.75, 3.05) is 29.9 Å². The van der Waals surface area contributed by atoms with Crippen LogP contribution >= 0.6 is 0 Å². The fourth-order valence-electron chi connectivity index (χ4n) is 5.39. The number of aromatic nitrogens is 3. The fraction of sp³-hybridized carbons (Fsp3) is 0.406. The molecule has 0 aliphatic carbocycles. The minimum atomic E-state index is -0.818. The predicted octanol–water partition coefficient (Wildman–Crippen LogP) is 5.90. The molecule has 1 unspecified atom stereocenters. The van der Waals surface area contributed by atoms with E-state index in [0.29, 0.717) is 6.42 Å². The Bertz CT molecular complexity index is 1380. The molecule has 2 aromatic heterocycles. The number of fused-ring (bicyclic) bond motifs is 1. The third-order valence-corrected chi connectivity index (χ3v) is 7.74. The molecule has 210 valence electrons. The van der Waals surface area contributed by atoms with Gasteiger partial charge in [-0.25, -0.2) is 9.50 Å². The van der Waals surface area contributed by atoms with Crippen LogP contribution in [0.1, 0.15) is 61.7 Å². The van der Waals surface area contributed by atoms with E-state index in [-0.39, 0.29) is 12.2 Å². The van der Waals surface area contributed by atoms with Gasteiger partial charge in [-0.2, -0.15) is 5.10 Å². The number of imidazole rings is 1. The van der Waals surface area contributed by atoms with E-state index in [0.717, 1.165) is 67.3 Å². The number of ether oxygens (including phenoxy) is 1. The number of carbonyl (C=O) groups is 1. The van der Waals surface area contributed by atoms with E-state index in [4.69, 9.17) is 14.8 Å². The van der Waals surface area contributed by atoms with Gasteiger partial charge in [0.15, 0.2) is 5.65 Å². The molecule has 1 aliphatic heterocycles. The Hall–Kier alpha value is -3.91. The molecule has 1 aliphatic rings. The average Bonchev–Trinajstić information content (AvgIpc) is 3.30. The molecule has 0 radical (unpaired) electrons. The fourth-order valence-corrected chi connectivity index (χ4v) is 5.39. The number of nitrogens with zero attached hydrogens (tertiary/aromatic N) is 4. The number of hydrogen-bond acceptors (Lipinski definition) is 6. The second-order valence-electron chi connectivity index (χ2n) is 10.7. The molecular formula is C32H39N5O3. The van der Waals surface area contributed by atoms with Crippen LogP contribution in [0.5, 0.6) is 0 Å². The molecule has 0 saturated carbocycles. The lowest BCUT2D eigenvalue weighted by molar-refractivity contribution is -0.141. The summed E-state index contributed by atoms with van der Waals surface area (Å²) in [5, 5.41) is 17.8. The van der Waals surface area contributed by atoms with E-state index in [2.05, 4.69) is 65.7 Å². The summed E-state index contributed by atoms with van der Waals surface area (Å²) in [6.07, 6.45) is 5.13. The van der Waals surface area contributed by atoms with Crippen molar-refractivity contribution in [1.82, 2.24) is 14.6 Å². The Labute approximate surface area is 236 Å². The molecule has 2 N–H and O–H groups in total. The molecule has 1 atom stereocenters. The van der Waals surface area contributed by atoms with Crippen molar-refractivity contribution in [3.05, 3.63) is 89.4 Å². The van der Waals surface area contributed by atoms with Gasteiger partial charge in [0.25, 0.3) is 0 Å². The van der Waals surface area contributed by atoms with Crippen LogP contribution in [0.2, 0.25) is 0 Å². The molecule has 3 heterocycles. The number of rotatable bonds is 11. The van der Waals surface area contributed by atoms with Gasteiger partial charge in [0.05, 0.1) is 35.3 Å². The van der Waals surface area contributed by atoms with Crippen LogP contribution < -0.4 is 10.2 Å². The van der Waals surface area contributed by atoms with Gasteiger partial charge in [0.1, 0.15) is 11.8 Å². The summed E-state index contributed by atoms with van der Waals surface area (Å²) in [5.41, 5.74) is 6.74. The molecule has 5 rings (SSSR count). The minimum absolute atomic E-state index is 0.0988. The zero-order valence-corrected chi connectivity index (χ0v) is 23.6. The highest BCUT2D eigenvalue weighted by molar-refractivity contribution is 5.82. The molecular weight excluding hydrogens is 502 g/mol. The number of aryl methyl sites for hydroxylation is 1. The van der Waals surface area contributed by atoms with E-state index in [1.807, 2.05) is 29.8 Å². The molecule has 0 spiro atoms. The van der Waals surface area contributed by atoms with Crippen LogP contribution in [0, 0.1) is 12.8 Å². The first-order valence-electron chi connectivity index (χ1n) is 14.3. The van der Waals surface area contributed by atoms with Crippen LogP contribution in [-0.2, 0) is 16.0 Å². The third-order valence-electron chi connectivity index (χ3n) is 7.74. The van der Waals surface area contributed by atoms with Gasteiger partial charge in [0, 0.05) is 26.1 Å². The normalized spacial score (nSPS) is 15.1. The van der Waals surface area contributed by atoms with Gasteiger partial charge < -0.3 is 20.1 Å². The second-order valence-corrected chi connectivity index (χ2v) is 10.7. The van der Waals surface area contributed by atoms with Crippen molar-refractivity contribution in [2.24, 2.45) is 5.92 Å². The van der Waals surface area contributed by atoms with E-state index >= 15 is 0 Å². The number of nitrogens with one attached hydrogen (secondary N) is 1. The van der Waals surface area contributed by atoms with Crippen molar-refractivity contribution in [3.63, 3.8) is 0 Å². The van der Waals surface area contributed by atoms with Gasteiger partial charge in [-0.15, -0.1) is 0 Å². The smallest absolute Gasteiger partial charge is 0.306 e. The van der Waals surface area contributed by atoms with E-state index < -0.39 is 11.9 Å². The molecule has 40 heavy (non-hydrogen) atoms. The number of anilines is 2. The largest absolute Gasteiger partial charge is 0.481 e. The van der Waals surface area contributed by atoms with Gasteiger partial charge in [-0.1, -0.05) is 74.5 Å². The molecule has 8 nitrogen and oxygen atoms in total. The summed E-state index contributed by atoms with van der Waals surface area (Å²) in [4.78, 5) is 18.7. The number of carboxylic acids is 1. The maximum Gasteiger partial charge on any atom is 0.306 e. The zero-order valence-electron chi connectivity index (χ0n) is 23.6. The van der Waals surface area contributed by atoms with Crippen molar-refractivity contribution in [2.45, 2.75) is 58.7 Å². The Morgan fingerprint density at radius 2 is 1.70 bits per heavy atom. The highest BCUT2D eigenvalue weighted by Crippen LogP contribution is 2.35. The first-order chi connectivity index (χ1) is 19.5. The lowest BCUT2D eigenvalue weighted by Gasteiger charge is -2.36. The van der Waals surface area contributed by atoms with Gasteiger partial charge in [-0.3, -0.25) is 4.79 Å². The Morgan fingerprint density at radius 1 is 1.07 bits per heavy atom. The zero-order chi connectivity index (χ0) is 28.1. The first kappa shape index (κ1) is 27.6. The number of aliphatic carboxylic acids is 1. The van der Waals surface area contributed by atoms with Crippen LogP contribution in [0.4, 0.5) is 11.4 Å². The second kappa shape index (κ2) is 12.5. The summed E-state index contributed by atoms with van der Waals surface area (Å²) in [7, 11) is 0. The lowest BCUT2D eigenvalue weighted by atomic mass is 10.00. The van der Waals surface area contributed by atoms with Crippen molar-refractivity contribution >= 4 is 23.0 Å². The van der Waals surface area contributed by atoms with E-state index in [1.54, 1.807) is 6.92 Å². The predicted molar refractivity (Wildman–Crippen MR) is 158 cm³/mol. The van der Waals surface area contributed by atoms with Crippen molar-refractivity contribution in [1.29, 1.82) is 0 Å². The minimum Gasteiger partial charge on any atom is -0.481 e. The number of benzene rings is 2. The molecule has 0 amide bonds. The van der Waals surface area contributed by atoms with Crippen LogP contribution in [0.3, 0.4) is 0 Å². The number of carboxylic acid groups (broad SMARTS) is 1. The van der Waals surface area contributed by atoms with E-state index in [1.165, 1.54) is 11.1 Å². The molecule has 8 heteroatoms. The lowest BCUT2D eigenvalue weighted by Crippen LogP contribution is -2.38. The number of piperidine rings is 1. The Morgan fingerprint density at radius 3 is 2.27 bits per heavy atom. The molecule has 0 bridgehead atoms. The summed E-state index contributed by atoms with van der Waals surface area (Å²) in [5.74, 6) is -1.33. The highest BCUT2D eigenvalue weighted by atomic mass is 16.5. The molecule has 4 aromatic rings. The maximum absolute atomic E-state index is 11.5. The van der Waals surface area contributed by atoms with Gasteiger partial charge >= 0.3 is 5.97 Å². The Kier molecular flexibility index (Phi) is 8.65. The molecule has 2 aromatic carbocycles. The highest BCUT2D eigenvalue weighted by Gasteiger charge is 2.28. The maximum atomic E-state index is 11.5. The van der Waals surface area contributed by atoms with Crippen molar-refractivity contribution in [3.8, 4) is 0 Å². The van der Waals surface area contributed by atoms with Gasteiger partial charge in [0.2, 0.25) is 0 Å². The van der Waals surface area contributed by atoms with E-state index in [9.17, 15) is 9.90 Å².